The van der Waals surface area contributed by atoms with Crippen molar-refractivity contribution in [3.05, 3.63) is 11.6 Å². The van der Waals surface area contributed by atoms with E-state index in [1.807, 2.05) is 6.08 Å². The first-order valence-electron chi connectivity index (χ1n) is 5.24. The number of ether oxygens (including phenoxy) is 3. The third kappa shape index (κ3) is 3.91. The highest BCUT2D eigenvalue weighted by molar-refractivity contribution is 5.10. The second-order valence-corrected chi connectivity index (χ2v) is 3.64. The maximum atomic E-state index is 9.02. The lowest BCUT2D eigenvalue weighted by molar-refractivity contribution is -0.0696. The Kier molecular flexibility index (Phi) is 5.86. The van der Waals surface area contributed by atoms with Crippen molar-refractivity contribution in [1.82, 2.24) is 0 Å². The predicted octanol–water partition coefficient (Wildman–Crippen LogP) is 0.746. The molecule has 0 fully saturated rings. The molecule has 1 aliphatic carbocycles. The van der Waals surface area contributed by atoms with Gasteiger partial charge in [-0.3, -0.25) is 0 Å². The molecule has 2 atom stereocenters. The highest BCUT2D eigenvalue weighted by Gasteiger charge is 2.25. The minimum absolute atomic E-state index is 0.0500. The highest BCUT2D eigenvalue weighted by Crippen LogP contribution is 2.23. The number of methoxy groups -OCH3 is 2. The molecule has 4 nitrogen and oxygen atoms in total. The van der Waals surface area contributed by atoms with Crippen LogP contribution in [0.5, 0.6) is 0 Å². The summed E-state index contributed by atoms with van der Waals surface area (Å²) in [5, 5.41) is 9.02. The second kappa shape index (κ2) is 6.95. The molecule has 1 rings (SSSR count). The fraction of sp³-hybridized carbons (Fsp3) is 0.818. The van der Waals surface area contributed by atoms with Crippen molar-refractivity contribution in [2.45, 2.75) is 25.0 Å². The van der Waals surface area contributed by atoms with Crippen LogP contribution >= 0.6 is 0 Å². The fourth-order valence-electron chi connectivity index (χ4n) is 1.73. The van der Waals surface area contributed by atoms with Crippen molar-refractivity contribution in [3.8, 4) is 0 Å². The maximum absolute atomic E-state index is 9.02. The van der Waals surface area contributed by atoms with Gasteiger partial charge in [0.15, 0.2) is 0 Å². The van der Waals surface area contributed by atoms with Gasteiger partial charge in [-0.1, -0.05) is 6.08 Å². The summed E-state index contributed by atoms with van der Waals surface area (Å²) in [5.74, 6) is 0. The Bertz CT molecular complexity index is 203. The van der Waals surface area contributed by atoms with Crippen LogP contribution in [0.3, 0.4) is 0 Å². The first kappa shape index (κ1) is 12.6. The van der Waals surface area contributed by atoms with E-state index >= 15 is 0 Å². The number of aliphatic hydroxyl groups excluding tert-OH is 1. The average Bonchev–Trinajstić information content (AvgIpc) is 2.29. The summed E-state index contributed by atoms with van der Waals surface area (Å²) in [6, 6.07) is 0. The van der Waals surface area contributed by atoms with Crippen molar-refractivity contribution in [2.75, 3.05) is 34.0 Å². The van der Waals surface area contributed by atoms with Gasteiger partial charge in [0.2, 0.25) is 0 Å². The van der Waals surface area contributed by atoms with E-state index in [4.69, 9.17) is 19.3 Å². The van der Waals surface area contributed by atoms with E-state index in [0.717, 1.165) is 18.4 Å². The molecule has 4 heteroatoms. The van der Waals surface area contributed by atoms with Gasteiger partial charge in [-0.25, -0.2) is 0 Å². The van der Waals surface area contributed by atoms with Crippen molar-refractivity contribution >= 4 is 0 Å². The quantitative estimate of drug-likeness (QED) is 0.525. The molecule has 0 spiro atoms. The summed E-state index contributed by atoms with van der Waals surface area (Å²) in [5.41, 5.74) is 1.04. The molecule has 0 heterocycles. The molecule has 2 unspecified atom stereocenters. The molecule has 0 saturated heterocycles. The van der Waals surface area contributed by atoms with Crippen LogP contribution in [-0.4, -0.2) is 51.4 Å². The smallest absolute Gasteiger partial charge is 0.0875 e. The van der Waals surface area contributed by atoms with Gasteiger partial charge in [0.1, 0.15) is 0 Å². The zero-order valence-corrected chi connectivity index (χ0v) is 9.44. The van der Waals surface area contributed by atoms with Gasteiger partial charge < -0.3 is 19.3 Å². The SMILES string of the molecule is COCCOC1CC=C(CO)CC1OC. The van der Waals surface area contributed by atoms with Crippen molar-refractivity contribution in [1.29, 1.82) is 0 Å². The van der Waals surface area contributed by atoms with Crippen LogP contribution in [0, 0.1) is 0 Å². The van der Waals surface area contributed by atoms with Crippen LogP contribution in [0.1, 0.15) is 12.8 Å². The minimum atomic E-state index is 0.0500. The van der Waals surface area contributed by atoms with Gasteiger partial charge in [-0.2, -0.15) is 0 Å². The summed E-state index contributed by atoms with van der Waals surface area (Å²) in [4.78, 5) is 0. The number of hydrogen-bond acceptors (Lipinski definition) is 4. The fourth-order valence-corrected chi connectivity index (χ4v) is 1.73. The second-order valence-electron chi connectivity index (χ2n) is 3.64. The van der Waals surface area contributed by atoms with E-state index in [1.165, 1.54) is 0 Å². The molecule has 0 aliphatic heterocycles. The lowest BCUT2D eigenvalue weighted by Gasteiger charge is -2.29. The van der Waals surface area contributed by atoms with Crippen LogP contribution in [0.2, 0.25) is 0 Å². The average molecular weight is 216 g/mol. The summed E-state index contributed by atoms with van der Waals surface area (Å²) < 4.78 is 15.9. The molecular weight excluding hydrogens is 196 g/mol. The van der Waals surface area contributed by atoms with Gasteiger partial charge in [-0.15, -0.1) is 0 Å². The van der Waals surface area contributed by atoms with E-state index in [2.05, 4.69) is 0 Å². The molecule has 0 amide bonds. The Morgan fingerprint density at radius 2 is 2.13 bits per heavy atom. The van der Waals surface area contributed by atoms with E-state index in [0.29, 0.717) is 13.2 Å². The summed E-state index contributed by atoms with van der Waals surface area (Å²) >= 11 is 0. The summed E-state index contributed by atoms with van der Waals surface area (Å²) in [6.07, 6.45) is 3.73. The molecule has 1 aliphatic rings. The van der Waals surface area contributed by atoms with Gasteiger partial charge in [0, 0.05) is 14.2 Å². The van der Waals surface area contributed by atoms with Crippen molar-refractivity contribution in [3.63, 3.8) is 0 Å². The molecule has 0 saturated carbocycles. The minimum Gasteiger partial charge on any atom is -0.392 e. The standard InChI is InChI=1S/C11H20O4/c1-13-5-6-15-10-4-3-9(8-12)7-11(10)14-2/h3,10-12H,4-8H2,1-2H3. The zero-order valence-electron chi connectivity index (χ0n) is 9.44. The molecule has 0 aromatic heterocycles. The Morgan fingerprint density at radius 1 is 1.33 bits per heavy atom. The van der Waals surface area contributed by atoms with E-state index in [-0.39, 0.29) is 18.8 Å². The van der Waals surface area contributed by atoms with E-state index in [1.54, 1.807) is 14.2 Å². The molecule has 0 aromatic rings. The summed E-state index contributed by atoms with van der Waals surface area (Å²) in [7, 11) is 3.33. The van der Waals surface area contributed by atoms with Gasteiger partial charge >= 0.3 is 0 Å². The van der Waals surface area contributed by atoms with Gasteiger partial charge in [0.05, 0.1) is 32.0 Å². The number of hydrogen-bond donors (Lipinski definition) is 1. The molecule has 0 bridgehead atoms. The third-order valence-corrected chi connectivity index (χ3v) is 2.64. The van der Waals surface area contributed by atoms with Gasteiger partial charge in [-0.05, 0) is 18.4 Å². The zero-order chi connectivity index (χ0) is 11.1. The highest BCUT2D eigenvalue weighted by atomic mass is 16.5. The van der Waals surface area contributed by atoms with Crippen LogP contribution in [0.25, 0.3) is 0 Å². The first-order chi connectivity index (χ1) is 7.31. The first-order valence-corrected chi connectivity index (χ1v) is 5.24. The lowest BCUT2D eigenvalue weighted by Crippen LogP contribution is -2.34. The molecule has 88 valence electrons. The van der Waals surface area contributed by atoms with Crippen molar-refractivity contribution < 1.29 is 19.3 Å². The number of aliphatic hydroxyl groups is 1. The van der Waals surface area contributed by atoms with Gasteiger partial charge in [0.25, 0.3) is 0 Å². The number of rotatable bonds is 6. The van der Waals surface area contributed by atoms with E-state index < -0.39 is 0 Å². The summed E-state index contributed by atoms with van der Waals surface area (Å²) in [6.45, 7) is 1.30. The Morgan fingerprint density at radius 3 is 2.73 bits per heavy atom. The molecule has 15 heavy (non-hydrogen) atoms. The Balaban J connectivity index is 2.39. The third-order valence-electron chi connectivity index (χ3n) is 2.64. The lowest BCUT2D eigenvalue weighted by atomic mass is 9.94. The van der Waals surface area contributed by atoms with Crippen LogP contribution < -0.4 is 0 Å². The van der Waals surface area contributed by atoms with Crippen LogP contribution in [0.15, 0.2) is 11.6 Å². The van der Waals surface area contributed by atoms with Crippen molar-refractivity contribution in [2.24, 2.45) is 0 Å². The Labute approximate surface area is 90.8 Å². The van der Waals surface area contributed by atoms with E-state index in [9.17, 15) is 0 Å². The topological polar surface area (TPSA) is 47.9 Å². The predicted molar refractivity (Wildman–Crippen MR) is 56.8 cm³/mol. The molecule has 0 radical (unpaired) electrons. The monoisotopic (exact) mass is 216 g/mol. The Hall–Kier alpha value is -0.420. The molecule has 1 N–H and O–H groups in total. The largest absolute Gasteiger partial charge is 0.392 e. The normalized spacial score (nSPS) is 26.5. The van der Waals surface area contributed by atoms with Crippen LogP contribution in [-0.2, 0) is 14.2 Å². The van der Waals surface area contributed by atoms with Crippen LogP contribution in [0.4, 0.5) is 0 Å². The maximum Gasteiger partial charge on any atom is 0.0875 e. The molecular formula is C11H20O4. The molecule has 0 aromatic carbocycles.